The maximum atomic E-state index is 10.5. The number of carboxylic acids is 1. The quantitative estimate of drug-likeness (QED) is 0.606. The fourth-order valence-electron chi connectivity index (χ4n) is 1.45. The van der Waals surface area contributed by atoms with Crippen molar-refractivity contribution < 1.29 is 50.0 Å². The summed E-state index contributed by atoms with van der Waals surface area (Å²) in [4.78, 5) is 10.5. The summed E-state index contributed by atoms with van der Waals surface area (Å²) in [6, 6.07) is 13.1. The predicted molar refractivity (Wildman–Crippen MR) is 61.5 cm³/mol. The van der Waals surface area contributed by atoms with Crippen molar-refractivity contribution in [1.82, 2.24) is 0 Å². The zero-order chi connectivity index (χ0) is 11.5. The molecule has 0 heterocycles. The van der Waals surface area contributed by atoms with Crippen molar-refractivity contribution in [2.24, 2.45) is 0 Å². The number of carbonyl (C=O) groups excluding carboxylic acids is 1. The molecule has 0 atom stereocenters. The van der Waals surface area contributed by atoms with Crippen molar-refractivity contribution in [2.75, 3.05) is 0 Å². The molecule has 2 rings (SSSR count). The first-order chi connectivity index (χ1) is 7.66. The summed E-state index contributed by atoms with van der Waals surface area (Å²) in [5.41, 5.74) is 1.97. The Hall–Kier alpha value is -1.33. The summed E-state index contributed by atoms with van der Waals surface area (Å²) in [6.45, 7) is 0. The van der Waals surface area contributed by atoms with Crippen molar-refractivity contribution in [3.8, 4) is 16.9 Å². The van der Waals surface area contributed by atoms with E-state index in [0.29, 0.717) is 0 Å². The van der Waals surface area contributed by atoms with Gasteiger partial charge in [-0.15, -0.1) is 0 Å². The number of carboxylic acid groups (broad SMARTS) is 1. The van der Waals surface area contributed by atoms with Gasteiger partial charge in [0.25, 0.3) is 0 Å². The second-order valence-corrected chi connectivity index (χ2v) is 3.41. The number of benzene rings is 2. The Morgan fingerprint density at radius 1 is 0.889 bits per heavy atom. The molecule has 5 heteroatoms. The van der Waals surface area contributed by atoms with E-state index >= 15 is 0 Å². The Morgan fingerprint density at radius 3 is 1.67 bits per heavy atom. The van der Waals surface area contributed by atoms with Crippen molar-refractivity contribution in [2.45, 2.75) is 0 Å². The second kappa shape index (κ2) is 7.18. The van der Waals surface area contributed by atoms with E-state index in [1.165, 1.54) is 12.1 Å². The van der Waals surface area contributed by atoms with Crippen LogP contribution < -0.4 is 34.7 Å². The molecule has 0 saturated carbocycles. The average molecular weight is 254 g/mol. The zero-order valence-corrected chi connectivity index (χ0v) is 11.9. The van der Waals surface area contributed by atoms with Crippen molar-refractivity contribution in [3.63, 3.8) is 0 Å². The Morgan fingerprint density at radius 2 is 1.28 bits per heavy atom. The molecule has 0 aliphatic carbocycles. The smallest absolute Gasteiger partial charge is 0.545 e. The van der Waals surface area contributed by atoms with E-state index in [1.807, 2.05) is 0 Å². The molecule has 2 aromatic carbocycles. The van der Waals surface area contributed by atoms with E-state index in [9.17, 15) is 9.90 Å². The minimum absolute atomic E-state index is 0. The minimum atomic E-state index is -1.18. The van der Waals surface area contributed by atoms with Gasteiger partial charge in [-0.3, -0.25) is 0 Å². The molecule has 0 aliphatic rings. The minimum Gasteiger partial charge on any atom is -0.545 e. The molecular weight excluding hydrogens is 243 g/mol. The zero-order valence-electron chi connectivity index (χ0n) is 9.88. The molecule has 0 unspecified atom stereocenters. The number of hydrogen-bond acceptors (Lipinski definition) is 3. The van der Waals surface area contributed by atoms with Crippen LogP contribution in [-0.2, 0) is 0 Å². The van der Waals surface area contributed by atoms with Gasteiger partial charge in [0, 0.05) is 0 Å². The normalized spacial score (nSPS) is 8.89. The number of rotatable bonds is 2. The van der Waals surface area contributed by atoms with Crippen molar-refractivity contribution in [3.05, 3.63) is 54.1 Å². The van der Waals surface area contributed by atoms with Gasteiger partial charge in [-0.25, -0.2) is 0 Å². The molecule has 88 valence electrons. The summed E-state index contributed by atoms with van der Waals surface area (Å²) in [5.74, 6) is -0.979. The topological polar surface area (TPSA) is 91.9 Å². The fraction of sp³-hybridized carbons (Fsp3) is 0. The number of aromatic carboxylic acids is 1. The van der Waals surface area contributed by atoms with Crippen LogP contribution in [0.4, 0.5) is 0 Å². The first-order valence-corrected chi connectivity index (χ1v) is 4.77. The Bertz CT molecular complexity index is 506. The van der Waals surface area contributed by atoms with Crippen molar-refractivity contribution in [1.29, 1.82) is 0 Å². The van der Waals surface area contributed by atoms with Gasteiger partial charge in [0.2, 0.25) is 0 Å². The predicted octanol–water partition coefficient (Wildman–Crippen LogP) is -2.40. The summed E-state index contributed by atoms with van der Waals surface area (Å²) in [5, 5.41) is 19.7. The van der Waals surface area contributed by atoms with E-state index in [2.05, 4.69) is 0 Å². The van der Waals surface area contributed by atoms with Crippen LogP contribution in [0.3, 0.4) is 0 Å². The number of carbonyl (C=O) groups is 1. The SMILES string of the molecule is O.O=C([O-])c1ccc(-c2ccc(O)cc2)cc1.[Na+]. The molecule has 4 nitrogen and oxygen atoms in total. The maximum absolute atomic E-state index is 10.5. The van der Waals surface area contributed by atoms with Crippen LogP contribution in [0.2, 0.25) is 0 Å². The molecule has 0 fully saturated rings. The van der Waals surface area contributed by atoms with Gasteiger partial charge in [-0.1, -0.05) is 36.4 Å². The van der Waals surface area contributed by atoms with E-state index in [0.717, 1.165) is 11.1 Å². The van der Waals surface area contributed by atoms with Crippen LogP contribution >= 0.6 is 0 Å². The molecule has 0 saturated heterocycles. The number of phenolic OH excluding ortho intramolecular Hbond substituents is 1. The van der Waals surface area contributed by atoms with E-state index in [1.54, 1.807) is 36.4 Å². The average Bonchev–Trinajstić information content (AvgIpc) is 2.30. The number of hydrogen-bond donors (Lipinski definition) is 1. The molecule has 3 N–H and O–H groups in total. The van der Waals surface area contributed by atoms with Gasteiger partial charge in [0.1, 0.15) is 5.75 Å². The third-order valence-electron chi connectivity index (χ3n) is 2.32. The van der Waals surface area contributed by atoms with Crippen molar-refractivity contribution >= 4 is 5.97 Å². The maximum Gasteiger partial charge on any atom is 1.00 e. The molecule has 0 amide bonds. The summed E-state index contributed by atoms with van der Waals surface area (Å²) >= 11 is 0. The third-order valence-corrected chi connectivity index (χ3v) is 2.32. The van der Waals surface area contributed by atoms with Crippen LogP contribution in [0.5, 0.6) is 5.75 Å². The van der Waals surface area contributed by atoms with Gasteiger partial charge in [0.15, 0.2) is 0 Å². The Labute approximate surface area is 126 Å². The molecule has 2 aromatic rings. The first kappa shape index (κ1) is 16.7. The molecule has 0 bridgehead atoms. The molecular formula is C13H11NaO4. The molecule has 0 spiro atoms. The van der Waals surface area contributed by atoms with E-state index in [-0.39, 0.29) is 46.3 Å². The molecule has 0 radical (unpaired) electrons. The summed E-state index contributed by atoms with van der Waals surface area (Å²) in [6.07, 6.45) is 0. The van der Waals surface area contributed by atoms with Gasteiger partial charge < -0.3 is 20.5 Å². The summed E-state index contributed by atoms with van der Waals surface area (Å²) in [7, 11) is 0. The largest absolute Gasteiger partial charge is 1.00 e. The third kappa shape index (κ3) is 3.85. The van der Waals surface area contributed by atoms with E-state index in [4.69, 9.17) is 5.11 Å². The van der Waals surface area contributed by atoms with Gasteiger partial charge in [-0.05, 0) is 28.8 Å². The van der Waals surface area contributed by atoms with E-state index < -0.39 is 5.97 Å². The van der Waals surface area contributed by atoms with Gasteiger partial charge >= 0.3 is 29.6 Å². The van der Waals surface area contributed by atoms with Gasteiger partial charge in [0.05, 0.1) is 5.97 Å². The van der Waals surface area contributed by atoms with Crippen LogP contribution in [0.25, 0.3) is 11.1 Å². The molecule has 0 aliphatic heterocycles. The number of aromatic hydroxyl groups is 1. The van der Waals surface area contributed by atoms with Crippen LogP contribution in [0.15, 0.2) is 48.5 Å². The van der Waals surface area contributed by atoms with Crippen LogP contribution in [0.1, 0.15) is 10.4 Å². The standard InChI is InChI=1S/C13H10O3.Na.H2O/c14-12-7-5-10(6-8-12)9-1-3-11(4-2-9)13(15)16;;/h1-8,14H,(H,15,16);;1H2/q;+1;/p-1. The Kier molecular flexibility index (Phi) is 6.65. The first-order valence-electron chi connectivity index (χ1n) is 4.77. The second-order valence-electron chi connectivity index (χ2n) is 3.41. The molecule has 0 aromatic heterocycles. The fourth-order valence-corrected chi connectivity index (χ4v) is 1.45. The van der Waals surface area contributed by atoms with Gasteiger partial charge in [-0.2, -0.15) is 0 Å². The summed E-state index contributed by atoms with van der Waals surface area (Å²) < 4.78 is 0. The van der Waals surface area contributed by atoms with Crippen LogP contribution in [0, 0.1) is 0 Å². The Balaban J connectivity index is 0.00000144. The molecule has 18 heavy (non-hydrogen) atoms. The monoisotopic (exact) mass is 254 g/mol. The van der Waals surface area contributed by atoms with Crippen LogP contribution in [-0.4, -0.2) is 16.6 Å². The number of phenols is 1.